The molecule has 6 aromatic rings. The molecule has 0 N–H and O–H groups in total. The van der Waals surface area contributed by atoms with E-state index in [9.17, 15) is 0 Å². The third-order valence-corrected chi connectivity index (χ3v) is 11.5. The Morgan fingerprint density at radius 1 is 0.630 bits per heavy atom. The molecule has 0 unspecified atom stereocenters. The summed E-state index contributed by atoms with van der Waals surface area (Å²) in [6.45, 7) is 15.7. The molecular weight excluding hydrogens is 791 g/mol. The van der Waals surface area contributed by atoms with E-state index in [1.807, 2.05) is 0 Å². The molecular formula is C50H60Cl2SiZr. The third-order valence-electron chi connectivity index (χ3n) is 11.5. The molecule has 54 heavy (non-hydrogen) atoms. The van der Waals surface area contributed by atoms with E-state index in [1.165, 1.54) is 118 Å². The topological polar surface area (TPSA) is 0 Å². The Labute approximate surface area is 348 Å². The van der Waals surface area contributed by atoms with Gasteiger partial charge >= 0.3 is 37.9 Å². The molecule has 0 aliphatic heterocycles. The van der Waals surface area contributed by atoms with E-state index < -0.39 is 20.8 Å². The summed E-state index contributed by atoms with van der Waals surface area (Å²) in [5, 5.41) is 5.55. The van der Waals surface area contributed by atoms with Crippen LogP contribution < -0.4 is 0 Å². The van der Waals surface area contributed by atoms with Gasteiger partial charge in [-0.05, 0) is 71.1 Å². The van der Waals surface area contributed by atoms with E-state index in [-0.39, 0.29) is 5.41 Å². The van der Waals surface area contributed by atoms with Gasteiger partial charge < -0.3 is 0 Å². The molecule has 0 atom stereocenters. The minimum absolute atomic E-state index is 0.204. The number of benzene rings is 4. The normalized spacial score (nSPS) is 17.4. The SMILES string of the molecule is CC1CCC(c2cc3c(-c4ccc(C(C)(C)C)cc4)cccc3[cH-]2)CC1.C[Si]C.Cc1cc2c(-c3ccc(C4CCCCC4)cc3)cccc2[cH-]1.[Cl][Zr+2][Cl]. The van der Waals surface area contributed by atoms with Crippen molar-refractivity contribution in [3.63, 3.8) is 0 Å². The van der Waals surface area contributed by atoms with Crippen molar-refractivity contribution in [2.45, 2.75) is 123 Å². The standard InChI is InChI=1S/C26H31.C22H23.C2H6Si.2ClH.Zr/c1-18-8-10-19(11-9-18)22-16-21-6-5-7-24(25(21)17-22)20-12-14-23(15-13-20)26(2,3)4;1-16-14-20-8-5-9-21(22(20)15-16)19-12-10-18(11-13-19)17-6-3-2-4-7-17;1-3-2;;;/h5-7,12-19H,8-11H2,1-4H3;5,8-15,17H,2-4,6-7H2,1H3;1-2H3;2*1H;/q2*-1;;;;+4/p-2. The van der Waals surface area contributed by atoms with Crippen molar-refractivity contribution in [3.05, 3.63) is 131 Å². The first-order valence-electron chi connectivity index (χ1n) is 20.2. The van der Waals surface area contributed by atoms with Gasteiger partial charge in [0.2, 0.25) is 0 Å². The van der Waals surface area contributed by atoms with Gasteiger partial charge in [0.15, 0.2) is 0 Å². The van der Waals surface area contributed by atoms with E-state index >= 15 is 0 Å². The van der Waals surface area contributed by atoms with Crippen LogP contribution in [0.15, 0.2) is 109 Å². The van der Waals surface area contributed by atoms with Gasteiger partial charge in [-0.3, -0.25) is 0 Å². The van der Waals surface area contributed by atoms with Gasteiger partial charge in [0.05, 0.1) is 0 Å². The van der Waals surface area contributed by atoms with Crippen molar-refractivity contribution in [3.8, 4) is 22.3 Å². The van der Waals surface area contributed by atoms with Crippen LogP contribution in [-0.4, -0.2) is 9.52 Å². The Balaban J connectivity index is 0.000000183. The van der Waals surface area contributed by atoms with Gasteiger partial charge in [-0.25, -0.2) is 0 Å². The summed E-state index contributed by atoms with van der Waals surface area (Å²) in [5.41, 5.74) is 11.5. The zero-order valence-corrected chi connectivity index (χ0v) is 38.7. The van der Waals surface area contributed by atoms with E-state index in [1.54, 1.807) is 5.56 Å². The van der Waals surface area contributed by atoms with Crippen LogP contribution in [0.1, 0.15) is 120 Å². The number of hydrogen-bond donors (Lipinski definition) is 0. The molecule has 2 aliphatic rings. The Bertz CT molecular complexity index is 1990. The van der Waals surface area contributed by atoms with E-state index in [0.717, 1.165) is 27.3 Å². The van der Waals surface area contributed by atoms with Gasteiger partial charge in [0.1, 0.15) is 0 Å². The van der Waals surface area contributed by atoms with E-state index in [0.29, 0.717) is 0 Å². The van der Waals surface area contributed by atoms with Crippen LogP contribution in [0.3, 0.4) is 0 Å². The maximum atomic E-state index is 4.93. The summed E-state index contributed by atoms with van der Waals surface area (Å²) in [6.07, 6.45) is 12.4. The summed E-state index contributed by atoms with van der Waals surface area (Å²) >= 11 is -0.826. The van der Waals surface area contributed by atoms with Gasteiger partial charge in [0.25, 0.3) is 0 Å². The zero-order chi connectivity index (χ0) is 38.7. The fraction of sp³-hybridized carbons (Fsp3) is 0.400. The van der Waals surface area contributed by atoms with E-state index in [4.69, 9.17) is 17.0 Å². The minimum atomic E-state index is -0.826. The third kappa shape index (κ3) is 11.4. The number of rotatable bonds is 4. The van der Waals surface area contributed by atoms with Gasteiger partial charge in [-0.1, -0.05) is 152 Å². The number of aryl methyl sites for hydroxylation is 1. The average Bonchev–Trinajstić information content (AvgIpc) is 3.79. The van der Waals surface area contributed by atoms with Crippen molar-refractivity contribution in [2.24, 2.45) is 5.92 Å². The molecule has 0 spiro atoms. The summed E-state index contributed by atoms with van der Waals surface area (Å²) < 4.78 is 0. The molecule has 2 fully saturated rings. The summed E-state index contributed by atoms with van der Waals surface area (Å²) in [6, 6.07) is 41.4. The van der Waals surface area contributed by atoms with Crippen LogP contribution in [0.2, 0.25) is 13.1 Å². The first-order valence-corrected chi connectivity index (χ1v) is 28.5. The molecule has 6 aromatic carbocycles. The second kappa shape index (κ2) is 20.8. The second-order valence-electron chi connectivity index (χ2n) is 16.8. The molecule has 282 valence electrons. The molecule has 0 bridgehead atoms. The molecule has 8 rings (SSSR count). The van der Waals surface area contributed by atoms with Crippen LogP contribution in [-0.2, 0) is 26.3 Å². The fourth-order valence-corrected chi connectivity index (χ4v) is 8.50. The molecule has 2 aliphatic carbocycles. The van der Waals surface area contributed by atoms with Crippen molar-refractivity contribution >= 4 is 48.1 Å². The quantitative estimate of drug-likeness (QED) is 0.122. The summed E-state index contributed by atoms with van der Waals surface area (Å²) in [7, 11) is 11.0. The second-order valence-corrected chi connectivity index (χ2v) is 21.5. The molecule has 4 heteroatoms. The number of hydrogen-bond acceptors (Lipinski definition) is 0. The van der Waals surface area contributed by atoms with Gasteiger partial charge in [0, 0.05) is 9.52 Å². The van der Waals surface area contributed by atoms with Crippen LogP contribution in [0.25, 0.3) is 43.8 Å². The fourth-order valence-electron chi connectivity index (χ4n) is 8.50. The average molecular weight is 851 g/mol. The van der Waals surface area contributed by atoms with Crippen LogP contribution in [0.5, 0.6) is 0 Å². The van der Waals surface area contributed by atoms with Crippen molar-refractivity contribution in [1.82, 2.24) is 0 Å². The molecule has 0 heterocycles. The molecule has 0 saturated heterocycles. The predicted octanol–water partition coefficient (Wildman–Crippen LogP) is 16.6. The van der Waals surface area contributed by atoms with Crippen LogP contribution >= 0.6 is 17.0 Å². The van der Waals surface area contributed by atoms with Gasteiger partial charge in [-0.15, -0.1) is 69.1 Å². The Morgan fingerprint density at radius 2 is 1.13 bits per heavy atom. The first kappa shape index (κ1) is 42.9. The zero-order valence-electron chi connectivity index (χ0n) is 33.7. The van der Waals surface area contributed by atoms with Crippen LogP contribution in [0.4, 0.5) is 0 Å². The molecule has 2 saturated carbocycles. The Kier molecular flexibility index (Phi) is 16.5. The Morgan fingerprint density at radius 3 is 1.67 bits per heavy atom. The van der Waals surface area contributed by atoms with E-state index in [2.05, 4.69) is 157 Å². The molecule has 0 aromatic heterocycles. The Hall–Kier alpha value is -2.22. The van der Waals surface area contributed by atoms with Crippen molar-refractivity contribution in [1.29, 1.82) is 0 Å². The first-order chi connectivity index (χ1) is 26.1. The molecule has 0 amide bonds. The van der Waals surface area contributed by atoms with Gasteiger partial charge in [-0.2, -0.15) is 12.1 Å². The van der Waals surface area contributed by atoms with Crippen molar-refractivity contribution < 1.29 is 20.8 Å². The molecule has 2 radical (unpaired) electrons. The van der Waals surface area contributed by atoms with Crippen molar-refractivity contribution in [2.75, 3.05) is 0 Å². The number of halogens is 2. The summed E-state index contributed by atoms with van der Waals surface area (Å²) in [5.74, 6) is 2.46. The monoisotopic (exact) mass is 848 g/mol. The summed E-state index contributed by atoms with van der Waals surface area (Å²) in [4.78, 5) is 0. The predicted molar refractivity (Wildman–Crippen MR) is 239 cm³/mol. The van der Waals surface area contributed by atoms with Crippen LogP contribution in [0, 0.1) is 12.8 Å². The maximum absolute atomic E-state index is 4.93. The molecule has 0 nitrogen and oxygen atoms in total. The number of fused-ring (bicyclic) bond motifs is 2.